The Morgan fingerprint density at radius 1 is 0.826 bits per heavy atom. The van der Waals surface area contributed by atoms with Crippen molar-refractivity contribution >= 4 is 48.8 Å². The Balaban J connectivity index is 0.00000192. The molecule has 0 amide bonds. The van der Waals surface area contributed by atoms with Gasteiger partial charge in [0.05, 0.1) is 13.1 Å². The number of quaternary nitrogens is 1. The molecule has 0 radical (unpaired) electrons. The zero-order valence-corrected chi connectivity index (χ0v) is 18.0. The van der Waals surface area contributed by atoms with Gasteiger partial charge in [0.1, 0.15) is 13.1 Å². The molecule has 0 N–H and O–H groups in total. The van der Waals surface area contributed by atoms with E-state index in [2.05, 4.69) is 43.7 Å². The van der Waals surface area contributed by atoms with Crippen LogP contribution in [0.2, 0.25) is 0 Å². The molecule has 1 aromatic carbocycles. The minimum Gasteiger partial charge on any atom is -0.316 e. The van der Waals surface area contributed by atoms with Crippen LogP contribution in [0.4, 0.5) is 0 Å². The van der Waals surface area contributed by atoms with Gasteiger partial charge in [-0.3, -0.25) is 0 Å². The highest BCUT2D eigenvalue weighted by Gasteiger charge is 2.40. The van der Waals surface area contributed by atoms with Crippen LogP contribution in [-0.2, 0) is 23.7 Å². The van der Waals surface area contributed by atoms with E-state index < -0.39 is 0 Å². The monoisotopic (exact) mass is 500 g/mol. The number of nitrogens with zero attached hydrogens (tertiary/aromatic N) is 1. The van der Waals surface area contributed by atoms with E-state index in [0.29, 0.717) is 0 Å². The third-order valence-electron chi connectivity index (χ3n) is 5.24. The summed E-state index contributed by atoms with van der Waals surface area (Å²) in [6, 6.07) is 0. The molecule has 3 rings (SSSR count). The average molecular weight is 503 g/mol. The molecule has 0 aliphatic carbocycles. The third kappa shape index (κ3) is 3.16. The second-order valence-corrected chi connectivity index (χ2v) is 7.51. The van der Waals surface area contributed by atoms with E-state index in [1.165, 1.54) is 54.6 Å². The summed E-state index contributed by atoms with van der Waals surface area (Å²) in [7, 11) is 0. The van der Waals surface area contributed by atoms with Crippen molar-refractivity contribution in [1.29, 1.82) is 0 Å². The van der Waals surface area contributed by atoms with Crippen molar-refractivity contribution in [1.82, 2.24) is 0 Å². The predicted octanol–water partition coefficient (Wildman–Crippen LogP) is 5.03. The average Bonchev–Trinajstić information content (AvgIpc) is 2.90. The minimum atomic E-state index is 0. The van der Waals surface area contributed by atoms with Crippen molar-refractivity contribution in [3.63, 3.8) is 0 Å². The molecule has 0 aromatic heterocycles. The van der Waals surface area contributed by atoms with Gasteiger partial charge in [-0.1, -0.05) is 43.7 Å². The summed E-state index contributed by atoms with van der Waals surface area (Å²) in [5.74, 6) is 5.93. The maximum atomic E-state index is 5.89. The molecule has 2 aliphatic rings. The molecule has 122 valence electrons. The van der Waals surface area contributed by atoms with Crippen molar-refractivity contribution in [2.45, 2.75) is 43.0 Å². The Bertz CT molecular complexity index is 635. The maximum absolute atomic E-state index is 5.89. The molecule has 0 bridgehead atoms. The number of hydrogen-bond acceptors (Lipinski definition) is 0. The fraction of sp³-hybridized carbons (Fsp3) is 0.474. The molecule has 4 heteroatoms. The van der Waals surface area contributed by atoms with E-state index in [1.54, 1.807) is 0 Å². The first kappa shape index (κ1) is 19.1. The first-order valence-electron chi connectivity index (χ1n) is 7.79. The Morgan fingerprint density at radius 3 is 1.61 bits per heavy atom. The fourth-order valence-corrected chi connectivity index (χ4v) is 5.42. The first-order chi connectivity index (χ1) is 10.7. The van der Waals surface area contributed by atoms with Crippen molar-refractivity contribution < 1.29 is 4.48 Å². The summed E-state index contributed by atoms with van der Waals surface area (Å²) < 4.78 is 1.16. The van der Waals surface area contributed by atoms with E-state index in [-0.39, 0.29) is 17.0 Å². The smallest absolute Gasteiger partial charge is 0.106 e. The van der Waals surface area contributed by atoms with Gasteiger partial charge in [0, 0.05) is 32.9 Å². The van der Waals surface area contributed by atoms with Gasteiger partial charge in [-0.15, -0.1) is 29.8 Å². The van der Waals surface area contributed by atoms with Gasteiger partial charge < -0.3 is 4.48 Å². The van der Waals surface area contributed by atoms with Crippen LogP contribution in [0.25, 0.3) is 0 Å². The van der Waals surface area contributed by atoms with Crippen molar-refractivity contribution in [3.8, 4) is 24.7 Å². The Morgan fingerprint density at radius 2 is 1.26 bits per heavy atom. The highest BCUT2D eigenvalue weighted by molar-refractivity contribution is 9.09. The Labute approximate surface area is 166 Å². The lowest BCUT2D eigenvalue weighted by molar-refractivity contribution is -0.951. The topological polar surface area (TPSA) is 0 Å². The van der Waals surface area contributed by atoms with E-state index in [0.717, 1.165) is 39.4 Å². The van der Waals surface area contributed by atoms with E-state index in [4.69, 9.17) is 12.8 Å². The minimum absolute atomic E-state index is 0. The number of piperidine rings is 1. The lowest BCUT2D eigenvalue weighted by Crippen LogP contribution is -2.46. The highest BCUT2D eigenvalue weighted by Crippen LogP contribution is 2.41. The standard InChI is InChI=1S/C19H20Br2N.BrH/c1-3-14-16(10-20)17(11-21)15(4-2)19-13-22(12-18(14)19)8-6-5-7-9-22;/h1-2H,5-13H2;1H/q+1;. The molecular weight excluding hydrogens is 482 g/mol. The summed E-state index contributed by atoms with van der Waals surface area (Å²) in [4.78, 5) is 0. The van der Waals surface area contributed by atoms with Gasteiger partial charge in [0.2, 0.25) is 0 Å². The molecule has 2 aliphatic heterocycles. The van der Waals surface area contributed by atoms with Gasteiger partial charge >= 0.3 is 0 Å². The quantitative estimate of drug-likeness (QED) is 0.302. The molecule has 1 spiro atoms. The van der Waals surface area contributed by atoms with Crippen LogP contribution in [0, 0.1) is 24.7 Å². The van der Waals surface area contributed by atoms with Crippen molar-refractivity contribution in [2.24, 2.45) is 0 Å². The highest BCUT2D eigenvalue weighted by atomic mass is 79.9. The molecule has 1 aromatic rings. The number of terminal acetylenes is 2. The van der Waals surface area contributed by atoms with Crippen LogP contribution in [-0.4, -0.2) is 17.6 Å². The van der Waals surface area contributed by atoms with Crippen LogP contribution in [0.3, 0.4) is 0 Å². The van der Waals surface area contributed by atoms with Crippen LogP contribution >= 0.6 is 48.8 Å². The Hall–Kier alpha value is -0.260. The zero-order chi connectivity index (χ0) is 15.7. The molecular formula is C19H21Br3N+. The summed E-state index contributed by atoms with van der Waals surface area (Å²) in [5.41, 5.74) is 7.25. The molecule has 2 heterocycles. The molecule has 23 heavy (non-hydrogen) atoms. The first-order valence-corrected chi connectivity index (χ1v) is 10.0. The second kappa shape index (κ2) is 7.75. The predicted molar refractivity (Wildman–Crippen MR) is 109 cm³/mol. The summed E-state index contributed by atoms with van der Waals surface area (Å²) in [5, 5.41) is 1.52. The van der Waals surface area contributed by atoms with Crippen LogP contribution in [0.5, 0.6) is 0 Å². The van der Waals surface area contributed by atoms with Gasteiger partial charge in [-0.2, -0.15) is 0 Å². The molecule has 0 unspecified atom stereocenters. The second-order valence-electron chi connectivity index (χ2n) is 6.39. The van der Waals surface area contributed by atoms with Crippen LogP contribution in [0.1, 0.15) is 52.6 Å². The fourth-order valence-electron chi connectivity index (χ4n) is 4.19. The summed E-state index contributed by atoms with van der Waals surface area (Å²) in [6.45, 7) is 4.64. The molecule has 1 fully saturated rings. The lowest BCUT2D eigenvalue weighted by Gasteiger charge is -2.37. The lowest BCUT2D eigenvalue weighted by atomic mass is 9.89. The molecule has 1 nitrogen and oxygen atoms in total. The van der Waals surface area contributed by atoms with Gasteiger partial charge in [-0.25, -0.2) is 0 Å². The van der Waals surface area contributed by atoms with Crippen molar-refractivity contribution in [2.75, 3.05) is 13.1 Å². The number of alkyl halides is 2. The molecule has 0 atom stereocenters. The van der Waals surface area contributed by atoms with E-state index in [1.807, 2.05) is 0 Å². The van der Waals surface area contributed by atoms with Gasteiger partial charge in [-0.05, 0) is 30.4 Å². The van der Waals surface area contributed by atoms with E-state index in [9.17, 15) is 0 Å². The van der Waals surface area contributed by atoms with Crippen molar-refractivity contribution in [3.05, 3.63) is 33.4 Å². The largest absolute Gasteiger partial charge is 0.316 e. The van der Waals surface area contributed by atoms with E-state index >= 15 is 0 Å². The number of benzene rings is 1. The third-order valence-corrected chi connectivity index (χ3v) is 6.37. The zero-order valence-electron chi connectivity index (χ0n) is 13.1. The number of halogens is 3. The van der Waals surface area contributed by atoms with Crippen LogP contribution < -0.4 is 0 Å². The number of hydrogen-bond donors (Lipinski definition) is 0. The normalized spacial score (nSPS) is 17.9. The number of rotatable bonds is 2. The maximum Gasteiger partial charge on any atom is 0.106 e. The SMILES string of the molecule is Br.C#Cc1c(CBr)c(CBr)c(C#C)c2c1C[N+]1(CCCCC1)C2. The molecule has 1 saturated heterocycles. The van der Waals surface area contributed by atoms with Gasteiger partial charge in [0.25, 0.3) is 0 Å². The number of fused-ring (bicyclic) bond motifs is 1. The summed E-state index contributed by atoms with van der Waals surface area (Å²) >= 11 is 7.22. The molecule has 0 saturated carbocycles. The van der Waals surface area contributed by atoms with Gasteiger partial charge in [0.15, 0.2) is 0 Å². The van der Waals surface area contributed by atoms with Crippen LogP contribution in [0.15, 0.2) is 0 Å². The Kier molecular flexibility index (Phi) is 6.42. The summed E-state index contributed by atoms with van der Waals surface area (Å²) in [6.07, 6.45) is 15.8.